The molecule has 0 unspecified atom stereocenters. The predicted octanol–water partition coefficient (Wildman–Crippen LogP) is 0.998. The van der Waals surface area contributed by atoms with Gasteiger partial charge in [0.15, 0.2) is 11.5 Å². The normalized spacial score (nSPS) is 20.3. The molecule has 1 N–H and O–H groups in total. The second kappa shape index (κ2) is 5.54. The molecule has 4 heterocycles. The molecule has 3 aromatic heterocycles. The van der Waals surface area contributed by atoms with Crippen LogP contribution in [0.25, 0.3) is 5.65 Å². The van der Waals surface area contributed by atoms with E-state index in [0.29, 0.717) is 18.2 Å². The molecule has 0 spiro atoms. The van der Waals surface area contributed by atoms with Gasteiger partial charge >= 0.3 is 0 Å². The molecule has 1 amide bonds. The van der Waals surface area contributed by atoms with E-state index >= 15 is 0 Å². The molecule has 3 aromatic rings. The topological polar surface area (TPSA) is 101 Å². The van der Waals surface area contributed by atoms with Crippen LogP contribution in [0.4, 0.5) is 5.82 Å². The van der Waals surface area contributed by atoms with Crippen LogP contribution in [-0.2, 0) is 0 Å². The fraction of sp³-hybridized carbons (Fsp3) is 0.438. The summed E-state index contributed by atoms with van der Waals surface area (Å²) < 4.78 is 7.09. The summed E-state index contributed by atoms with van der Waals surface area (Å²) in [6, 6.07) is 1.80. The molecular formula is C16H17N7O2. The Labute approximate surface area is 143 Å². The van der Waals surface area contributed by atoms with Crippen LogP contribution in [0.2, 0.25) is 0 Å². The molecule has 1 aliphatic carbocycles. The highest BCUT2D eigenvalue weighted by molar-refractivity contribution is 5.92. The highest BCUT2D eigenvalue weighted by Crippen LogP contribution is 2.40. The van der Waals surface area contributed by atoms with Crippen LogP contribution in [0, 0.1) is 0 Å². The number of nitrogens with one attached hydrogen (secondary N) is 1. The first-order valence-electron chi connectivity index (χ1n) is 8.45. The molecule has 1 aliphatic heterocycles. The van der Waals surface area contributed by atoms with E-state index in [2.05, 4.69) is 30.6 Å². The second-order valence-corrected chi connectivity index (χ2v) is 6.61. The third-order valence-electron chi connectivity index (χ3n) is 4.76. The summed E-state index contributed by atoms with van der Waals surface area (Å²) in [6.45, 7) is 1.48. The Balaban J connectivity index is 1.27. The van der Waals surface area contributed by atoms with Crippen molar-refractivity contribution in [3.8, 4) is 0 Å². The van der Waals surface area contributed by atoms with Gasteiger partial charge in [-0.1, -0.05) is 5.16 Å². The number of carbonyl (C=O) groups is 1. The fourth-order valence-electron chi connectivity index (χ4n) is 3.25. The summed E-state index contributed by atoms with van der Waals surface area (Å²) >= 11 is 0. The highest BCUT2D eigenvalue weighted by Gasteiger charge is 2.30. The average molecular weight is 339 g/mol. The monoisotopic (exact) mass is 339 g/mol. The lowest BCUT2D eigenvalue weighted by Gasteiger charge is -2.17. The number of hydrogen-bond donors (Lipinski definition) is 1. The van der Waals surface area contributed by atoms with Crippen molar-refractivity contribution >= 4 is 17.4 Å². The summed E-state index contributed by atoms with van der Waals surface area (Å²) in [4.78, 5) is 18.9. The molecule has 0 radical (unpaired) electrons. The molecule has 25 heavy (non-hydrogen) atoms. The zero-order chi connectivity index (χ0) is 16.8. The first-order chi connectivity index (χ1) is 12.3. The maximum atomic E-state index is 12.4. The van der Waals surface area contributed by atoms with Crippen LogP contribution in [0.1, 0.15) is 41.4 Å². The van der Waals surface area contributed by atoms with E-state index in [-0.39, 0.29) is 11.9 Å². The van der Waals surface area contributed by atoms with Gasteiger partial charge < -0.3 is 14.7 Å². The molecule has 1 atom stereocenters. The Morgan fingerprint density at radius 3 is 3.12 bits per heavy atom. The summed E-state index contributed by atoms with van der Waals surface area (Å²) in [5.74, 6) is 1.87. The second-order valence-electron chi connectivity index (χ2n) is 6.61. The van der Waals surface area contributed by atoms with Crippen LogP contribution >= 0.6 is 0 Å². The molecule has 5 rings (SSSR count). The van der Waals surface area contributed by atoms with E-state index in [1.807, 2.05) is 10.6 Å². The van der Waals surface area contributed by atoms with Crippen molar-refractivity contribution in [2.24, 2.45) is 0 Å². The summed E-state index contributed by atoms with van der Waals surface area (Å²) in [6.07, 6.45) is 8.28. The molecule has 128 valence electrons. The number of carbonyl (C=O) groups excluding carboxylic acids is 1. The van der Waals surface area contributed by atoms with E-state index in [0.717, 1.165) is 43.0 Å². The lowest BCUT2D eigenvalue weighted by Crippen LogP contribution is -2.37. The Bertz CT molecular complexity index is 929. The van der Waals surface area contributed by atoms with Crippen molar-refractivity contribution in [3.63, 3.8) is 0 Å². The number of fused-ring (bicyclic) bond motifs is 1. The molecular weight excluding hydrogens is 322 g/mol. The van der Waals surface area contributed by atoms with Gasteiger partial charge in [0, 0.05) is 43.5 Å². The van der Waals surface area contributed by atoms with Crippen molar-refractivity contribution in [2.75, 3.05) is 18.0 Å². The van der Waals surface area contributed by atoms with Gasteiger partial charge in [-0.15, -0.1) is 10.2 Å². The molecule has 1 saturated heterocycles. The molecule has 9 nitrogen and oxygen atoms in total. The van der Waals surface area contributed by atoms with Gasteiger partial charge in [0.05, 0.1) is 0 Å². The average Bonchev–Trinajstić information content (AvgIpc) is 3.07. The van der Waals surface area contributed by atoms with E-state index in [9.17, 15) is 4.79 Å². The minimum atomic E-state index is -0.184. The van der Waals surface area contributed by atoms with Crippen LogP contribution in [0.5, 0.6) is 0 Å². The Kier molecular flexibility index (Phi) is 3.19. The van der Waals surface area contributed by atoms with Crippen molar-refractivity contribution in [1.82, 2.24) is 30.1 Å². The Hall–Kier alpha value is -2.97. The van der Waals surface area contributed by atoms with Crippen molar-refractivity contribution in [1.29, 1.82) is 0 Å². The van der Waals surface area contributed by atoms with E-state index in [4.69, 9.17) is 4.52 Å². The highest BCUT2D eigenvalue weighted by atomic mass is 16.5. The number of hydrogen-bond acceptors (Lipinski definition) is 7. The maximum Gasteiger partial charge on any atom is 0.273 e. The van der Waals surface area contributed by atoms with Gasteiger partial charge in [-0.25, -0.2) is 4.98 Å². The minimum absolute atomic E-state index is 0.0403. The van der Waals surface area contributed by atoms with Crippen LogP contribution < -0.4 is 10.2 Å². The quantitative estimate of drug-likeness (QED) is 0.756. The van der Waals surface area contributed by atoms with Gasteiger partial charge in [0.1, 0.15) is 12.1 Å². The van der Waals surface area contributed by atoms with Gasteiger partial charge in [-0.3, -0.25) is 9.20 Å². The number of rotatable bonds is 4. The first kappa shape index (κ1) is 14.4. The summed E-state index contributed by atoms with van der Waals surface area (Å²) in [7, 11) is 0. The van der Waals surface area contributed by atoms with E-state index < -0.39 is 0 Å². The minimum Gasteiger partial charge on any atom is -0.360 e. The largest absolute Gasteiger partial charge is 0.360 e. The fourth-order valence-corrected chi connectivity index (χ4v) is 3.25. The third kappa shape index (κ3) is 2.61. The maximum absolute atomic E-state index is 12.4. The number of nitrogens with zero attached hydrogens (tertiary/aromatic N) is 6. The van der Waals surface area contributed by atoms with Gasteiger partial charge in [0.25, 0.3) is 5.91 Å². The molecule has 0 bridgehead atoms. The Morgan fingerprint density at radius 1 is 1.32 bits per heavy atom. The first-order valence-corrected chi connectivity index (χ1v) is 8.45. The van der Waals surface area contributed by atoms with Gasteiger partial charge in [-0.05, 0) is 19.3 Å². The number of anilines is 1. The van der Waals surface area contributed by atoms with E-state index in [1.54, 1.807) is 18.6 Å². The van der Waals surface area contributed by atoms with Crippen molar-refractivity contribution in [3.05, 3.63) is 36.2 Å². The Morgan fingerprint density at radius 2 is 2.24 bits per heavy atom. The lowest BCUT2D eigenvalue weighted by atomic mass is 10.2. The van der Waals surface area contributed by atoms with Crippen molar-refractivity contribution in [2.45, 2.75) is 31.2 Å². The van der Waals surface area contributed by atoms with Crippen LogP contribution in [0.3, 0.4) is 0 Å². The molecule has 9 heteroatoms. The standard InChI is InChI=1S/C16H17N7O2/c24-16(12-7-13(25-21-12)10-1-2-10)19-11-3-5-22(8-11)14-15-20-18-9-23(15)6-4-17-14/h4,6-7,9-11H,1-3,5,8H2,(H,19,24)/t11-/m1/s1. The zero-order valence-electron chi connectivity index (χ0n) is 13.5. The molecule has 2 aliphatic rings. The third-order valence-corrected chi connectivity index (χ3v) is 4.76. The molecule has 2 fully saturated rings. The van der Waals surface area contributed by atoms with Gasteiger partial charge in [0.2, 0.25) is 5.65 Å². The summed E-state index contributed by atoms with van der Waals surface area (Å²) in [5, 5.41) is 15.0. The van der Waals surface area contributed by atoms with Crippen molar-refractivity contribution < 1.29 is 9.32 Å². The van der Waals surface area contributed by atoms with E-state index in [1.165, 1.54) is 0 Å². The zero-order valence-corrected chi connectivity index (χ0v) is 13.5. The smallest absolute Gasteiger partial charge is 0.273 e. The number of aromatic nitrogens is 5. The van der Waals surface area contributed by atoms with Crippen LogP contribution in [0.15, 0.2) is 29.3 Å². The molecule has 1 saturated carbocycles. The lowest BCUT2D eigenvalue weighted by molar-refractivity contribution is 0.0931. The van der Waals surface area contributed by atoms with Crippen LogP contribution in [-0.4, -0.2) is 49.8 Å². The predicted molar refractivity (Wildman–Crippen MR) is 87.3 cm³/mol. The number of amides is 1. The summed E-state index contributed by atoms with van der Waals surface area (Å²) in [5.41, 5.74) is 1.08. The SMILES string of the molecule is O=C(N[C@@H]1CCN(c2nccn3cnnc23)C1)c1cc(C2CC2)on1. The van der Waals surface area contributed by atoms with Gasteiger partial charge in [-0.2, -0.15) is 0 Å². The molecule has 0 aromatic carbocycles.